The summed E-state index contributed by atoms with van der Waals surface area (Å²) in [6.45, 7) is 0. The first-order chi connectivity index (χ1) is 0. The van der Waals surface area contributed by atoms with Crippen LogP contribution in [0.2, 0.25) is 0 Å². The molecule has 0 N–H and O–H groups in total. The van der Waals surface area contributed by atoms with Gasteiger partial charge in [-0.05, 0) is 0 Å². The van der Waals surface area contributed by atoms with Crippen LogP contribution in [0.15, 0.2) is 0 Å². The molecule has 0 saturated heterocycles. The molecule has 28 valence electrons. The smallest absolute Gasteiger partial charge is 0 e. The Morgan fingerprint density at radius 3 is 1.00 bits per heavy atom. The first-order valence-corrected chi connectivity index (χ1v) is 0. The molecule has 0 saturated carbocycles. The average molecular weight is 356 g/mol. The molecule has 0 fully saturated rings. The normalized spacial score (nSPS) is 0. The van der Waals surface area contributed by atoms with E-state index in [4.69, 9.17) is 0 Å². The second-order valence-corrected chi connectivity index (χ2v) is 0. The molecule has 0 aromatic heterocycles. The van der Waals surface area contributed by atoms with Gasteiger partial charge in [-0.25, -0.2) is 0 Å². The van der Waals surface area contributed by atoms with Gasteiger partial charge in [0.15, 0.2) is 0 Å². The van der Waals surface area contributed by atoms with Crippen LogP contribution in [0.25, 0.3) is 0 Å². The number of hydrogen-bond donors (Lipinski definition) is 0. The quantitative estimate of drug-likeness (QED) is 0.520. The van der Waals surface area contributed by atoms with E-state index in [1.54, 1.807) is 0 Å². The molecule has 0 aromatic carbocycles. The summed E-state index contributed by atoms with van der Waals surface area (Å²) < 4.78 is 0. The topological polar surface area (TPSA) is 0 Å². The van der Waals surface area contributed by atoms with Crippen LogP contribution in [-0.2, 0) is 58.9 Å². The molecule has 4 heavy (non-hydrogen) atoms. The monoisotopic (exact) mass is 354 g/mol. The predicted molar refractivity (Wildman–Crippen MR) is 5.75 cm³/mol. The van der Waals surface area contributed by atoms with Crippen LogP contribution >= 0.6 is 0 Å². The van der Waals surface area contributed by atoms with Gasteiger partial charge in [0.25, 0.3) is 0 Å². The third-order valence-electron chi connectivity index (χ3n) is 0. The minimum atomic E-state index is 0. The third-order valence-corrected chi connectivity index (χ3v) is 0. The SMILES string of the molecule is [Ag].[Cu].[Sn].[Zn]. The zero-order chi connectivity index (χ0) is 0. The maximum atomic E-state index is 0. The summed E-state index contributed by atoms with van der Waals surface area (Å²) in [5.41, 5.74) is 0. The van der Waals surface area contributed by atoms with E-state index in [-0.39, 0.29) is 82.8 Å². The van der Waals surface area contributed by atoms with Crippen LogP contribution in [-0.4, -0.2) is 23.9 Å². The Hall–Kier alpha value is 2.68. The van der Waals surface area contributed by atoms with Crippen molar-refractivity contribution in [3.8, 4) is 0 Å². The largest absolute Gasteiger partial charge is 0 e. The minimum Gasteiger partial charge on any atom is 0 e. The van der Waals surface area contributed by atoms with Crippen LogP contribution in [0.4, 0.5) is 0 Å². The maximum Gasteiger partial charge on any atom is 0 e. The first kappa shape index (κ1) is 30.0. The van der Waals surface area contributed by atoms with E-state index in [2.05, 4.69) is 0 Å². The van der Waals surface area contributed by atoms with Gasteiger partial charge in [-0.3, -0.25) is 0 Å². The van der Waals surface area contributed by atoms with Crippen molar-refractivity contribution in [3.63, 3.8) is 0 Å². The van der Waals surface area contributed by atoms with Crippen LogP contribution in [0.5, 0.6) is 0 Å². The van der Waals surface area contributed by atoms with E-state index in [1.807, 2.05) is 0 Å². The van der Waals surface area contributed by atoms with Gasteiger partial charge in [-0.1, -0.05) is 0 Å². The molecule has 0 atom stereocenters. The van der Waals surface area contributed by atoms with Crippen molar-refractivity contribution in [1.82, 2.24) is 0 Å². The van der Waals surface area contributed by atoms with Crippen molar-refractivity contribution >= 4 is 23.9 Å². The van der Waals surface area contributed by atoms with Gasteiger partial charge >= 0.3 is 0 Å². The van der Waals surface area contributed by atoms with Gasteiger partial charge in [-0.15, -0.1) is 0 Å². The molecular weight excluding hydrogens is 356 g/mol. The van der Waals surface area contributed by atoms with Gasteiger partial charge in [0.1, 0.15) is 0 Å². The van der Waals surface area contributed by atoms with E-state index >= 15 is 0 Å². The van der Waals surface area contributed by atoms with Crippen molar-refractivity contribution < 1.29 is 58.9 Å². The average Bonchev–Trinajstić information content (AvgIpc) is 0. The van der Waals surface area contributed by atoms with Crippen LogP contribution in [0.3, 0.4) is 0 Å². The molecule has 0 aliphatic carbocycles. The summed E-state index contributed by atoms with van der Waals surface area (Å²) in [4.78, 5) is 0. The van der Waals surface area contributed by atoms with Crippen molar-refractivity contribution in [2.75, 3.05) is 0 Å². The third kappa shape index (κ3) is 8.82. The van der Waals surface area contributed by atoms with Gasteiger partial charge in [0.05, 0.1) is 0 Å². The van der Waals surface area contributed by atoms with Crippen molar-refractivity contribution in [2.45, 2.75) is 0 Å². The van der Waals surface area contributed by atoms with E-state index in [0.717, 1.165) is 0 Å². The fraction of sp³-hybridized carbons (Fsp3) is 0. The Balaban J connectivity index is 0. The molecular formula is AgCuSnZn. The molecule has 4 heteroatoms. The van der Waals surface area contributed by atoms with Crippen LogP contribution in [0, 0.1) is 0 Å². The standard InChI is InChI=1S/Ag.Cu.Sn.Zn. The minimum absolute atomic E-state index is 0. The molecule has 0 heterocycles. The first-order valence-electron chi connectivity index (χ1n) is 0. The van der Waals surface area contributed by atoms with Gasteiger partial charge in [0.2, 0.25) is 0 Å². The molecule has 0 nitrogen and oxygen atoms in total. The number of hydrogen-bond acceptors (Lipinski definition) is 0. The molecule has 0 aliphatic rings. The Morgan fingerprint density at radius 1 is 1.00 bits per heavy atom. The molecule has 0 aliphatic heterocycles. The zero-order valence-corrected chi connectivity index (χ0v) is 10.1. The summed E-state index contributed by atoms with van der Waals surface area (Å²) in [6.07, 6.45) is 0. The summed E-state index contributed by atoms with van der Waals surface area (Å²) >= 11 is 0. The summed E-state index contributed by atoms with van der Waals surface area (Å²) in [7, 11) is 0. The fourth-order valence-corrected chi connectivity index (χ4v) is 0. The number of rotatable bonds is 0. The van der Waals surface area contributed by atoms with Gasteiger partial charge in [-0.2, -0.15) is 0 Å². The Bertz CT molecular complexity index is 8.00. The maximum absolute atomic E-state index is 0. The zero-order valence-electron chi connectivity index (χ0n) is 1.81. The summed E-state index contributed by atoms with van der Waals surface area (Å²) in [5.74, 6) is 0. The van der Waals surface area contributed by atoms with Crippen molar-refractivity contribution in [2.24, 2.45) is 0 Å². The Labute approximate surface area is 81.6 Å². The van der Waals surface area contributed by atoms with Crippen LogP contribution < -0.4 is 0 Å². The molecule has 6 radical (unpaired) electrons. The molecule has 0 spiro atoms. The Kier molecular flexibility index (Phi) is 130. The molecule has 0 rings (SSSR count). The van der Waals surface area contributed by atoms with Gasteiger partial charge < -0.3 is 0 Å². The molecule has 0 aromatic rings. The van der Waals surface area contributed by atoms with E-state index in [1.165, 1.54) is 0 Å². The van der Waals surface area contributed by atoms with E-state index in [0.29, 0.717) is 0 Å². The van der Waals surface area contributed by atoms with Crippen LogP contribution in [0.1, 0.15) is 0 Å². The second-order valence-electron chi connectivity index (χ2n) is 0. The van der Waals surface area contributed by atoms with E-state index < -0.39 is 0 Å². The summed E-state index contributed by atoms with van der Waals surface area (Å²) in [5, 5.41) is 0. The second kappa shape index (κ2) is 17.3. The van der Waals surface area contributed by atoms with E-state index in [9.17, 15) is 0 Å². The Morgan fingerprint density at radius 2 is 1.00 bits per heavy atom. The van der Waals surface area contributed by atoms with Crippen molar-refractivity contribution in [1.29, 1.82) is 0 Å². The fourth-order valence-electron chi connectivity index (χ4n) is 0. The molecule has 0 amide bonds. The predicted octanol–water partition coefficient (Wildman–Crippen LogP) is -0.388. The van der Waals surface area contributed by atoms with Crippen molar-refractivity contribution in [3.05, 3.63) is 0 Å². The molecule has 0 unspecified atom stereocenters. The molecule has 0 bridgehead atoms. The summed E-state index contributed by atoms with van der Waals surface area (Å²) in [6, 6.07) is 0. The van der Waals surface area contributed by atoms with Gasteiger partial charge in [0, 0.05) is 82.8 Å².